The van der Waals surface area contributed by atoms with Crippen molar-refractivity contribution in [3.8, 4) is 0 Å². The third kappa shape index (κ3) is 3.29. The van der Waals surface area contributed by atoms with Crippen molar-refractivity contribution in [1.29, 1.82) is 0 Å². The number of rotatable bonds is 5. The van der Waals surface area contributed by atoms with Crippen LogP contribution in [-0.2, 0) is 14.3 Å². The highest BCUT2D eigenvalue weighted by Crippen LogP contribution is 2.27. The molecule has 0 amide bonds. The van der Waals surface area contributed by atoms with Crippen LogP contribution in [0.5, 0.6) is 0 Å². The second-order valence-corrected chi connectivity index (χ2v) is 6.87. The van der Waals surface area contributed by atoms with Gasteiger partial charge in [-0.05, 0) is 25.1 Å². The molecule has 0 aliphatic heterocycles. The fourth-order valence-electron chi connectivity index (χ4n) is 2.27. The van der Waals surface area contributed by atoms with Crippen LogP contribution in [0.15, 0.2) is 64.1 Å². The van der Waals surface area contributed by atoms with Gasteiger partial charge < -0.3 is 9.52 Å². The fourth-order valence-corrected chi connectivity index (χ4v) is 3.19. The molecule has 0 spiro atoms. The Balaban J connectivity index is 1.76. The monoisotopic (exact) mass is 332 g/mol. The van der Waals surface area contributed by atoms with Crippen molar-refractivity contribution in [2.75, 3.05) is 6.61 Å². The topological polar surface area (TPSA) is 76.7 Å². The SMILES string of the molecule is Cc1ccc(S(=O)(=O)OC[C@@H](O)c2coc3ccccc23)cc1. The van der Waals surface area contributed by atoms with E-state index >= 15 is 0 Å². The maximum Gasteiger partial charge on any atom is 0.297 e. The van der Waals surface area contributed by atoms with Crippen LogP contribution in [0.1, 0.15) is 17.2 Å². The summed E-state index contributed by atoms with van der Waals surface area (Å²) in [6.45, 7) is 1.49. The highest BCUT2D eigenvalue weighted by molar-refractivity contribution is 7.86. The average molecular weight is 332 g/mol. The molecule has 23 heavy (non-hydrogen) atoms. The van der Waals surface area contributed by atoms with E-state index in [0.29, 0.717) is 11.1 Å². The van der Waals surface area contributed by atoms with Gasteiger partial charge >= 0.3 is 0 Å². The van der Waals surface area contributed by atoms with Crippen LogP contribution in [0.25, 0.3) is 11.0 Å². The number of aryl methyl sites for hydroxylation is 1. The van der Waals surface area contributed by atoms with Crippen molar-refractivity contribution in [3.05, 3.63) is 65.9 Å². The van der Waals surface area contributed by atoms with E-state index in [1.165, 1.54) is 18.4 Å². The Hall–Kier alpha value is -2.15. The predicted molar refractivity (Wildman–Crippen MR) is 85.5 cm³/mol. The number of aliphatic hydroxyl groups excluding tert-OH is 1. The van der Waals surface area contributed by atoms with E-state index in [1.807, 2.05) is 19.1 Å². The van der Waals surface area contributed by atoms with Gasteiger partial charge in [0.2, 0.25) is 0 Å². The van der Waals surface area contributed by atoms with Crippen LogP contribution in [0.3, 0.4) is 0 Å². The Labute approximate surface area is 134 Å². The van der Waals surface area contributed by atoms with E-state index in [-0.39, 0.29) is 11.5 Å². The van der Waals surface area contributed by atoms with Crippen LogP contribution in [-0.4, -0.2) is 20.1 Å². The van der Waals surface area contributed by atoms with Crippen LogP contribution >= 0.6 is 0 Å². The first kappa shape index (κ1) is 15.7. The highest BCUT2D eigenvalue weighted by atomic mass is 32.2. The Kier molecular flexibility index (Phi) is 4.21. The van der Waals surface area contributed by atoms with Crippen molar-refractivity contribution in [2.24, 2.45) is 0 Å². The second-order valence-electron chi connectivity index (χ2n) is 5.25. The van der Waals surface area contributed by atoms with Gasteiger partial charge in [-0.2, -0.15) is 8.42 Å². The van der Waals surface area contributed by atoms with Gasteiger partial charge in [0, 0.05) is 10.9 Å². The zero-order valence-electron chi connectivity index (χ0n) is 12.5. The standard InChI is InChI=1S/C17H16O5S/c1-12-6-8-13(9-7-12)23(19,20)22-11-16(18)15-10-21-17-5-3-2-4-14(15)17/h2-10,16,18H,11H2,1H3/t16-/m1/s1. The molecule has 1 heterocycles. The lowest BCUT2D eigenvalue weighted by atomic mass is 10.1. The summed E-state index contributed by atoms with van der Waals surface area (Å²) in [4.78, 5) is 0.0624. The van der Waals surface area contributed by atoms with Crippen LogP contribution < -0.4 is 0 Å². The van der Waals surface area contributed by atoms with Crippen molar-refractivity contribution in [2.45, 2.75) is 17.9 Å². The minimum atomic E-state index is -3.91. The number of benzene rings is 2. The summed E-state index contributed by atoms with van der Waals surface area (Å²) in [5.74, 6) is 0. The molecule has 6 heteroatoms. The van der Waals surface area contributed by atoms with E-state index in [0.717, 1.165) is 10.9 Å². The minimum absolute atomic E-state index is 0.0624. The summed E-state index contributed by atoms with van der Waals surface area (Å²) in [6, 6.07) is 13.5. The number of aliphatic hydroxyl groups is 1. The smallest absolute Gasteiger partial charge is 0.297 e. The molecule has 0 aliphatic rings. The van der Waals surface area contributed by atoms with E-state index in [9.17, 15) is 13.5 Å². The Morgan fingerprint density at radius 3 is 2.57 bits per heavy atom. The Bertz CT molecular complexity index is 910. The first-order valence-electron chi connectivity index (χ1n) is 7.08. The lowest BCUT2D eigenvalue weighted by molar-refractivity contribution is 0.112. The Morgan fingerprint density at radius 1 is 1.13 bits per heavy atom. The molecule has 3 rings (SSSR count). The normalized spacial score (nSPS) is 13.3. The predicted octanol–water partition coefficient (Wildman–Crippen LogP) is 3.18. The second kappa shape index (κ2) is 6.16. The van der Waals surface area contributed by atoms with Crippen molar-refractivity contribution in [3.63, 3.8) is 0 Å². The summed E-state index contributed by atoms with van der Waals surface area (Å²) >= 11 is 0. The molecule has 0 fully saturated rings. The molecule has 0 bridgehead atoms. The molecule has 120 valence electrons. The summed E-state index contributed by atoms with van der Waals surface area (Å²) in [5.41, 5.74) is 2.08. The van der Waals surface area contributed by atoms with Gasteiger partial charge in [0.1, 0.15) is 11.7 Å². The molecule has 0 unspecified atom stereocenters. The molecular weight excluding hydrogens is 316 g/mol. The lowest BCUT2D eigenvalue weighted by Gasteiger charge is -2.10. The first-order valence-corrected chi connectivity index (χ1v) is 8.48. The first-order chi connectivity index (χ1) is 11.0. The molecular formula is C17H16O5S. The highest BCUT2D eigenvalue weighted by Gasteiger charge is 2.20. The van der Waals surface area contributed by atoms with Gasteiger partial charge in [-0.3, -0.25) is 4.18 Å². The van der Waals surface area contributed by atoms with Crippen molar-refractivity contribution in [1.82, 2.24) is 0 Å². The quantitative estimate of drug-likeness (QED) is 0.726. The van der Waals surface area contributed by atoms with E-state index in [4.69, 9.17) is 8.60 Å². The number of hydrogen-bond acceptors (Lipinski definition) is 5. The van der Waals surface area contributed by atoms with Crippen LogP contribution in [0.4, 0.5) is 0 Å². The van der Waals surface area contributed by atoms with Gasteiger partial charge in [0.25, 0.3) is 10.1 Å². The molecule has 1 aromatic heterocycles. The molecule has 0 saturated carbocycles. The number of furan rings is 1. The summed E-state index contributed by atoms with van der Waals surface area (Å²) in [5, 5.41) is 10.9. The number of para-hydroxylation sites is 1. The molecule has 2 aromatic carbocycles. The molecule has 1 N–H and O–H groups in total. The average Bonchev–Trinajstić information content (AvgIpc) is 2.97. The number of hydrogen-bond donors (Lipinski definition) is 1. The third-order valence-electron chi connectivity index (χ3n) is 3.56. The molecule has 3 aromatic rings. The maximum absolute atomic E-state index is 12.1. The zero-order chi connectivity index (χ0) is 16.4. The summed E-state index contributed by atoms with van der Waals surface area (Å²) in [7, 11) is -3.91. The van der Waals surface area contributed by atoms with Gasteiger partial charge in [-0.1, -0.05) is 35.9 Å². The van der Waals surface area contributed by atoms with E-state index < -0.39 is 16.2 Å². The summed E-state index contributed by atoms with van der Waals surface area (Å²) in [6.07, 6.45) is 0.316. The molecule has 5 nitrogen and oxygen atoms in total. The minimum Gasteiger partial charge on any atom is -0.464 e. The van der Waals surface area contributed by atoms with Crippen molar-refractivity contribution >= 4 is 21.1 Å². The molecule has 0 saturated heterocycles. The number of fused-ring (bicyclic) bond motifs is 1. The van der Waals surface area contributed by atoms with E-state index in [2.05, 4.69) is 0 Å². The molecule has 0 aliphatic carbocycles. The largest absolute Gasteiger partial charge is 0.464 e. The van der Waals surface area contributed by atoms with Gasteiger partial charge in [0.05, 0.1) is 17.8 Å². The molecule has 1 atom stereocenters. The zero-order valence-corrected chi connectivity index (χ0v) is 13.3. The van der Waals surface area contributed by atoms with E-state index in [1.54, 1.807) is 24.3 Å². The Morgan fingerprint density at radius 2 is 1.83 bits per heavy atom. The van der Waals surface area contributed by atoms with Gasteiger partial charge in [0.15, 0.2) is 0 Å². The van der Waals surface area contributed by atoms with Gasteiger partial charge in [-0.25, -0.2) is 0 Å². The van der Waals surface area contributed by atoms with Crippen LogP contribution in [0, 0.1) is 6.92 Å². The van der Waals surface area contributed by atoms with Crippen LogP contribution in [0.2, 0.25) is 0 Å². The lowest BCUT2D eigenvalue weighted by Crippen LogP contribution is -2.13. The fraction of sp³-hybridized carbons (Fsp3) is 0.176. The van der Waals surface area contributed by atoms with Gasteiger partial charge in [-0.15, -0.1) is 0 Å². The molecule has 0 radical (unpaired) electrons. The third-order valence-corrected chi connectivity index (χ3v) is 4.86. The van der Waals surface area contributed by atoms with Crippen molar-refractivity contribution < 1.29 is 22.1 Å². The maximum atomic E-state index is 12.1. The summed E-state index contributed by atoms with van der Waals surface area (Å²) < 4.78 is 34.6.